The third-order valence-electron chi connectivity index (χ3n) is 2.61. The molecule has 2 heterocycles. The summed E-state index contributed by atoms with van der Waals surface area (Å²) in [4.78, 5) is 19.7. The van der Waals surface area contributed by atoms with Crippen molar-refractivity contribution in [1.82, 2.24) is 25.5 Å². The maximum Gasteiger partial charge on any atom is 0.413 e. The van der Waals surface area contributed by atoms with E-state index in [9.17, 15) is 4.79 Å². The Bertz CT molecular complexity index is 605. The number of ether oxygens (including phenoxy) is 1. The highest BCUT2D eigenvalue weighted by Gasteiger charge is 2.17. The quantitative estimate of drug-likeness (QED) is 0.778. The molecule has 0 spiro atoms. The van der Waals surface area contributed by atoms with E-state index < -0.39 is 11.7 Å². The van der Waals surface area contributed by atoms with Crippen LogP contribution in [0, 0.1) is 0 Å². The molecular weight excluding hydrogens is 284 g/mol. The SMILES string of the molecule is CC(C)(C)OC(=O)Nc1[nH]ncc1CNCc1ccncn1. The first-order chi connectivity index (χ1) is 10.4. The third-order valence-corrected chi connectivity index (χ3v) is 2.61. The highest BCUT2D eigenvalue weighted by atomic mass is 16.6. The van der Waals surface area contributed by atoms with Gasteiger partial charge in [-0.1, -0.05) is 0 Å². The van der Waals surface area contributed by atoms with Gasteiger partial charge in [0.25, 0.3) is 0 Å². The summed E-state index contributed by atoms with van der Waals surface area (Å²) in [5.41, 5.74) is 1.18. The highest BCUT2D eigenvalue weighted by molar-refractivity contribution is 5.84. The summed E-state index contributed by atoms with van der Waals surface area (Å²) in [6, 6.07) is 1.84. The number of nitrogens with one attached hydrogen (secondary N) is 3. The summed E-state index contributed by atoms with van der Waals surface area (Å²) < 4.78 is 5.20. The average molecular weight is 304 g/mol. The lowest BCUT2D eigenvalue weighted by Crippen LogP contribution is -2.27. The Morgan fingerprint density at radius 1 is 1.36 bits per heavy atom. The number of hydrogen-bond acceptors (Lipinski definition) is 6. The molecule has 0 radical (unpaired) electrons. The Labute approximate surface area is 128 Å². The normalized spacial score (nSPS) is 11.2. The summed E-state index contributed by atoms with van der Waals surface area (Å²) in [5, 5.41) is 12.6. The predicted octanol–water partition coefficient (Wildman–Crippen LogP) is 1.84. The van der Waals surface area contributed by atoms with Crippen LogP contribution in [-0.2, 0) is 17.8 Å². The molecule has 0 atom stereocenters. The van der Waals surface area contributed by atoms with E-state index in [2.05, 4.69) is 30.8 Å². The number of nitrogens with zero attached hydrogens (tertiary/aromatic N) is 3. The molecule has 0 aliphatic rings. The minimum Gasteiger partial charge on any atom is -0.444 e. The second-order valence-electron chi connectivity index (χ2n) is 5.70. The van der Waals surface area contributed by atoms with Gasteiger partial charge in [-0.25, -0.2) is 14.8 Å². The fourth-order valence-electron chi connectivity index (χ4n) is 1.71. The van der Waals surface area contributed by atoms with Crippen LogP contribution in [0.15, 0.2) is 24.8 Å². The lowest BCUT2D eigenvalue weighted by Gasteiger charge is -2.19. The molecule has 1 amide bonds. The van der Waals surface area contributed by atoms with Crippen molar-refractivity contribution < 1.29 is 9.53 Å². The Morgan fingerprint density at radius 3 is 2.86 bits per heavy atom. The van der Waals surface area contributed by atoms with Gasteiger partial charge in [-0.15, -0.1) is 0 Å². The first kappa shape index (κ1) is 15.9. The van der Waals surface area contributed by atoms with Crippen LogP contribution in [0.4, 0.5) is 10.6 Å². The molecule has 0 aliphatic carbocycles. The van der Waals surface area contributed by atoms with E-state index in [0.29, 0.717) is 18.9 Å². The number of aromatic amines is 1. The van der Waals surface area contributed by atoms with E-state index >= 15 is 0 Å². The molecular formula is C14H20N6O2. The van der Waals surface area contributed by atoms with Crippen molar-refractivity contribution in [1.29, 1.82) is 0 Å². The smallest absolute Gasteiger partial charge is 0.413 e. The van der Waals surface area contributed by atoms with Gasteiger partial charge in [-0.2, -0.15) is 5.10 Å². The van der Waals surface area contributed by atoms with Gasteiger partial charge in [-0.05, 0) is 26.8 Å². The molecule has 0 bridgehead atoms. The van der Waals surface area contributed by atoms with Gasteiger partial charge in [0.15, 0.2) is 0 Å². The van der Waals surface area contributed by atoms with Crippen molar-refractivity contribution in [3.05, 3.63) is 36.0 Å². The highest BCUT2D eigenvalue weighted by Crippen LogP contribution is 2.13. The van der Waals surface area contributed by atoms with Crippen LogP contribution in [0.5, 0.6) is 0 Å². The average Bonchev–Trinajstić information content (AvgIpc) is 2.85. The predicted molar refractivity (Wildman–Crippen MR) is 81.0 cm³/mol. The Morgan fingerprint density at radius 2 is 2.18 bits per heavy atom. The van der Waals surface area contributed by atoms with Crippen LogP contribution in [0.1, 0.15) is 32.0 Å². The van der Waals surface area contributed by atoms with Crippen LogP contribution in [0.25, 0.3) is 0 Å². The second kappa shape index (κ2) is 6.99. The van der Waals surface area contributed by atoms with Gasteiger partial charge in [0.1, 0.15) is 17.7 Å². The lowest BCUT2D eigenvalue weighted by atomic mass is 10.2. The minimum atomic E-state index is -0.546. The van der Waals surface area contributed by atoms with Crippen molar-refractivity contribution in [2.24, 2.45) is 0 Å². The molecule has 0 aromatic carbocycles. The number of anilines is 1. The summed E-state index contributed by atoms with van der Waals surface area (Å²) in [7, 11) is 0. The van der Waals surface area contributed by atoms with Crippen LogP contribution in [-0.4, -0.2) is 31.9 Å². The molecule has 0 unspecified atom stereocenters. The van der Waals surface area contributed by atoms with Gasteiger partial charge < -0.3 is 10.1 Å². The zero-order chi connectivity index (χ0) is 16.0. The van der Waals surface area contributed by atoms with Gasteiger partial charge in [0.2, 0.25) is 0 Å². The van der Waals surface area contributed by atoms with E-state index in [0.717, 1.165) is 11.3 Å². The monoisotopic (exact) mass is 304 g/mol. The van der Waals surface area contributed by atoms with Crippen LogP contribution < -0.4 is 10.6 Å². The largest absolute Gasteiger partial charge is 0.444 e. The number of carbonyl (C=O) groups is 1. The minimum absolute atomic E-state index is 0.518. The first-order valence-electron chi connectivity index (χ1n) is 6.92. The van der Waals surface area contributed by atoms with Crippen molar-refractivity contribution in [2.45, 2.75) is 39.5 Å². The standard InChI is InChI=1S/C14H20N6O2/c1-14(2,3)22-13(21)19-12-10(7-18-20-12)6-16-8-11-4-5-15-9-17-11/h4-5,7,9,16H,6,8H2,1-3H3,(H2,18,19,20,21). The van der Waals surface area contributed by atoms with Crippen LogP contribution in [0.3, 0.4) is 0 Å². The maximum atomic E-state index is 11.8. The summed E-state index contributed by atoms with van der Waals surface area (Å²) in [6.07, 6.45) is 4.33. The summed E-state index contributed by atoms with van der Waals surface area (Å²) in [6.45, 7) is 6.56. The molecule has 8 heteroatoms. The second-order valence-corrected chi connectivity index (χ2v) is 5.70. The lowest BCUT2D eigenvalue weighted by molar-refractivity contribution is 0.0635. The van der Waals surface area contributed by atoms with Gasteiger partial charge >= 0.3 is 6.09 Å². The van der Waals surface area contributed by atoms with E-state index in [1.807, 2.05) is 26.8 Å². The van der Waals surface area contributed by atoms with Crippen molar-refractivity contribution in [2.75, 3.05) is 5.32 Å². The molecule has 0 saturated heterocycles. The molecule has 2 rings (SSSR count). The number of carbonyl (C=O) groups excluding carboxylic acids is 1. The van der Waals surface area contributed by atoms with E-state index in [1.54, 1.807) is 12.4 Å². The Kier molecular flexibility index (Phi) is 5.05. The number of H-pyrrole nitrogens is 1. The van der Waals surface area contributed by atoms with Crippen molar-refractivity contribution >= 4 is 11.9 Å². The topological polar surface area (TPSA) is 105 Å². The first-order valence-corrected chi connectivity index (χ1v) is 6.92. The number of hydrogen-bond donors (Lipinski definition) is 3. The number of rotatable bonds is 5. The number of amides is 1. The molecule has 0 saturated carbocycles. The summed E-state index contributed by atoms with van der Waals surface area (Å²) >= 11 is 0. The molecule has 8 nitrogen and oxygen atoms in total. The molecule has 2 aromatic heterocycles. The molecule has 0 aliphatic heterocycles. The molecule has 3 N–H and O–H groups in total. The fourth-order valence-corrected chi connectivity index (χ4v) is 1.71. The van der Waals surface area contributed by atoms with Gasteiger partial charge in [0.05, 0.1) is 11.9 Å². The molecule has 22 heavy (non-hydrogen) atoms. The molecule has 0 fully saturated rings. The van der Waals surface area contributed by atoms with E-state index in [-0.39, 0.29) is 0 Å². The molecule has 118 valence electrons. The van der Waals surface area contributed by atoms with Crippen molar-refractivity contribution in [3.63, 3.8) is 0 Å². The Hall–Kier alpha value is -2.48. The number of aromatic nitrogens is 4. The zero-order valence-corrected chi connectivity index (χ0v) is 12.9. The van der Waals surface area contributed by atoms with Gasteiger partial charge in [0, 0.05) is 24.8 Å². The Balaban J connectivity index is 1.86. The van der Waals surface area contributed by atoms with E-state index in [1.165, 1.54) is 6.33 Å². The van der Waals surface area contributed by atoms with Crippen LogP contribution >= 0.6 is 0 Å². The van der Waals surface area contributed by atoms with Crippen molar-refractivity contribution in [3.8, 4) is 0 Å². The summed E-state index contributed by atoms with van der Waals surface area (Å²) in [5.74, 6) is 0.518. The molecule has 2 aromatic rings. The van der Waals surface area contributed by atoms with E-state index in [4.69, 9.17) is 4.74 Å². The van der Waals surface area contributed by atoms with Gasteiger partial charge in [-0.3, -0.25) is 10.4 Å². The fraction of sp³-hybridized carbons (Fsp3) is 0.429. The van der Waals surface area contributed by atoms with Crippen LogP contribution in [0.2, 0.25) is 0 Å². The third kappa shape index (κ3) is 5.13. The maximum absolute atomic E-state index is 11.8. The zero-order valence-electron chi connectivity index (χ0n) is 12.9.